The summed E-state index contributed by atoms with van der Waals surface area (Å²) in [7, 11) is 2.15. The van der Waals surface area contributed by atoms with E-state index >= 15 is 0 Å². The molecule has 4 rings (SSSR count). The molecule has 1 aromatic carbocycles. The fraction of sp³-hybridized carbons (Fsp3) is 0.652. The zero-order valence-electron chi connectivity index (χ0n) is 17.6. The van der Waals surface area contributed by atoms with E-state index in [-0.39, 0.29) is 12.1 Å². The summed E-state index contributed by atoms with van der Waals surface area (Å²) >= 11 is 0. The molecule has 2 N–H and O–H groups in total. The van der Waals surface area contributed by atoms with Crippen molar-refractivity contribution in [3.05, 3.63) is 29.3 Å². The van der Waals surface area contributed by atoms with Crippen LogP contribution in [0.15, 0.2) is 18.2 Å². The summed E-state index contributed by atoms with van der Waals surface area (Å²) in [5.41, 5.74) is 3.96. The number of hydrogen-bond acceptors (Lipinski definition) is 4. The van der Waals surface area contributed by atoms with Crippen molar-refractivity contribution >= 4 is 17.5 Å². The first-order valence-corrected chi connectivity index (χ1v) is 11.3. The molecule has 2 amide bonds. The van der Waals surface area contributed by atoms with Crippen LogP contribution in [-0.4, -0.2) is 56.0 Å². The molecule has 1 atom stereocenters. The number of aryl methyl sites for hydroxylation is 1. The number of nitrogens with zero attached hydrogens (tertiary/aromatic N) is 2. The van der Waals surface area contributed by atoms with Crippen LogP contribution in [0.5, 0.6) is 0 Å². The number of likely N-dealkylation sites (tertiary alicyclic amines) is 1. The molecule has 3 aliphatic rings. The average Bonchev–Trinajstić information content (AvgIpc) is 3.42. The molecule has 29 heavy (non-hydrogen) atoms. The summed E-state index contributed by atoms with van der Waals surface area (Å²) in [4.78, 5) is 29.4. The molecule has 2 heterocycles. The van der Waals surface area contributed by atoms with Gasteiger partial charge in [0, 0.05) is 31.9 Å². The molecular formula is C23H34N4O2. The summed E-state index contributed by atoms with van der Waals surface area (Å²) < 4.78 is 0. The second-order valence-electron chi connectivity index (χ2n) is 8.84. The van der Waals surface area contributed by atoms with Crippen LogP contribution in [0.1, 0.15) is 62.1 Å². The van der Waals surface area contributed by atoms with E-state index < -0.39 is 11.8 Å². The summed E-state index contributed by atoms with van der Waals surface area (Å²) in [6.45, 7) is 3.68. The van der Waals surface area contributed by atoms with Gasteiger partial charge in [0.25, 0.3) is 0 Å². The number of nitrogens with one attached hydrogen (secondary N) is 2. The predicted octanol–water partition coefficient (Wildman–Crippen LogP) is 2.38. The molecule has 1 aliphatic carbocycles. The molecule has 1 aromatic rings. The van der Waals surface area contributed by atoms with Crippen LogP contribution in [0.25, 0.3) is 0 Å². The van der Waals surface area contributed by atoms with Gasteiger partial charge < -0.3 is 15.5 Å². The number of rotatable bonds is 5. The van der Waals surface area contributed by atoms with Crippen molar-refractivity contribution < 1.29 is 9.59 Å². The highest BCUT2D eigenvalue weighted by molar-refractivity contribution is 6.35. The van der Waals surface area contributed by atoms with E-state index in [4.69, 9.17) is 0 Å². The van der Waals surface area contributed by atoms with Crippen molar-refractivity contribution in [2.24, 2.45) is 0 Å². The van der Waals surface area contributed by atoms with Crippen molar-refractivity contribution in [2.45, 2.75) is 63.5 Å². The molecule has 1 saturated carbocycles. The van der Waals surface area contributed by atoms with Gasteiger partial charge in [-0.2, -0.15) is 0 Å². The maximum Gasteiger partial charge on any atom is 0.309 e. The van der Waals surface area contributed by atoms with Crippen molar-refractivity contribution in [3.8, 4) is 0 Å². The molecule has 2 fully saturated rings. The van der Waals surface area contributed by atoms with Crippen molar-refractivity contribution in [1.29, 1.82) is 0 Å². The lowest BCUT2D eigenvalue weighted by Crippen LogP contribution is -2.46. The highest BCUT2D eigenvalue weighted by Crippen LogP contribution is 2.31. The van der Waals surface area contributed by atoms with Gasteiger partial charge in [-0.3, -0.25) is 14.5 Å². The number of anilines is 1. The van der Waals surface area contributed by atoms with Gasteiger partial charge in [-0.15, -0.1) is 0 Å². The smallest absolute Gasteiger partial charge is 0.309 e. The molecule has 0 spiro atoms. The largest absolute Gasteiger partial charge is 0.374 e. The number of hydrogen-bond donors (Lipinski definition) is 2. The standard InChI is InChI=1S/C23H34N4O2/c1-26-12-6-7-17-15-18(10-11-20(17)26)21(27-13-4-5-14-27)16-24-22(28)23(29)25-19-8-2-3-9-19/h10-11,15,19,21H,2-9,12-14,16H2,1H3,(H,24,28)(H,25,29). The summed E-state index contributed by atoms with van der Waals surface area (Å²) in [5, 5.41) is 5.80. The Labute approximate surface area is 174 Å². The van der Waals surface area contributed by atoms with E-state index in [1.807, 2.05) is 0 Å². The third-order valence-electron chi connectivity index (χ3n) is 6.77. The lowest BCUT2D eigenvalue weighted by atomic mass is 9.96. The topological polar surface area (TPSA) is 64.7 Å². The maximum absolute atomic E-state index is 12.4. The monoisotopic (exact) mass is 398 g/mol. The molecule has 158 valence electrons. The van der Waals surface area contributed by atoms with E-state index in [0.717, 1.165) is 51.7 Å². The number of fused-ring (bicyclic) bond motifs is 1. The van der Waals surface area contributed by atoms with Crippen molar-refractivity contribution in [3.63, 3.8) is 0 Å². The number of carbonyl (C=O) groups is 2. The molecule has 2 aliphatic heterocycles. The van der Waals surface area contributed by atoms with E-state index in [9.17, 15) is 9.59 Å². The van der Waals surface area contributed by atoms with Crippen molar-refractivity contribution in [1.82, 2.24) is 15.5 Å². The van der Waals surface area contributed by atoms with Crippen LogP contribution in [0, 0.1) is 0 Å². The summed E-state index contributed by atoms with van der Waals surface area (Å²) in [6, 6.07) is 7.03. The van der Waals surface area contributed by atoms with Crippen LogP contribution in [0.3, 0.4) is 0 Å². The molecule has 1 saturated heterocycles. The molecule has 0 aromatic heterocycles. The van der Waals surface area contributed by atoms with E-state index in [2.05, 4.69) is 45.7 Å². The van der Waals surface area contributed by atoms with Crippen LogP contribution >= 0.6 is 0 Å². The maximum atomic E-state index is 12.4. The lowest BCUT2D eigenvalue weighted by Gasteiger charge is -2.31. The highest BCUT2D eigenvalue weighted by atomic mass is 16.2. The molecular weight excluding hydrogens is 364 g/mol. The van der Waals surface area contributed by atoms with E-state index in [0.29, 0.717) is 6.54 Å². The Morgan fingerprint density at radius 2 is 1.79 bits per heavy atom. The average molecular weight is 399 g/mol. The molecule has 6 nitrogen and oxygen atoms in total. The number of carbonyl (C=O) groups excluding carboxylic acids is 2. The fourth-order valence-corrected chi connectivity index (χ4v) is 5.11. The van der Waals surface area contributed by atoms with Crippen LogP contribution in [0.4, 0.5) is 5.69 Å². The lowest BCUT2D eigenvalue weighted by molar-refractivity contribution is -0.139. The SMILES string of the molecule is CN1CCCc2cc(C(CNC(=O)C(=O)NC3CCCC3)N3CCCC3)ccc21. The second kappa shape index (κ2) is 9.16. The zero-order valence-corrected chi connectivity index (χ0v) is 17.6. The minimum absolute atomic E-state index is 0.123. The number of benzene rings is 1. The zero-order chi connectivity index (χ0) is 20.2. The minimum Gasteiger partial charge on any atom is -0.374 e. The van der Waals surface area contributed by atoms with E-state index in [1.165, 1.54) is 36.1 Å². The molecule has 0 bridgehead atoms. The third kappa shape index (κ3) is 4.74. The van der Waals surface area contributed by atoms with Gasteiger partial charge in [0.2, 0.25) is 0 Å². The summed E-state index contributed by atoms with van der Waals surface area (Å²) in [6.07, 6.45) is 8.92. The van der Waals surface area contributed by atoms with Crippen LogP contribution in [0.2, 0.25) is 0 Å². The van der Waals surface area contributed by atoms with Gasteiger partial charge in [-0.05, 0) is 68.8 Å². The second-order valence-corrected chi connectivity index (χ2v) is 8.84. The van der Waals surface area contributed by atoms with Gasteiger partial charge in [0.1, 0.15) is 0 Å². The fourth-order valence-electron chi connectivity index (χ4n) is 5.11. The Bertz CT molecular complexity index is 738. The normalized spacial score (nSPS) is 21.1. The molecule has 1 unspecified atom stereocenters. The Morgan fingerprint density at radius 3 is 2.55 bits per heavy atom. The third-order valence-corrected chi connectivity index (χ3v) is 6.77. The van der Waals surface area contributed by atoms with Gasteiger partial charge >= 0.3 is 11.8 Å². The van der Waals surface area contributed by atoms with E-state index in [1.54, 1.807) is 0 Å². The Hall–Kier alpha value is -2.08. The van der Waals surface area contributed by atoms with Gasteiger partial charge in [0.15, 0.2) is 0 Å². The van der Waals surface area contributed by atoms with Gasteiger partial charge in [-0.25, -0.2) is 0 Å². The Kier molecular flexibility index (Phi) is 6.38. The van der Waals surface area contributed by atoms with Gasteiger partial charge in [-0.1, -0.05) is 25.0 Å². The Balaban J connectivity index is 1.43. The van der Waals surface area contributed by atoms with Crippen LogP contribution in [-0.2, 0) is 16.0 Å². The molecule has 0 radical (unpaired) electrons. The van der Waals surface area contributed by atoms with Crippen LogP contribution < -0.4 is 15.5 Å². The van der Waals surface area contributed by atoms with Crippen molar-refractivity contribution in [2.75, 3.05) is 38.1 Å². The number of amides is 2. The quantitative estimate of drug-likeness (QED) is 0.748. The predicted molar refractivity (Wildman–Crippen MR) is 115 cm³/mol. The Morgan fingerprint density at radius 1 is 1.03 bits per heavy atom. The first-order chi connectivity index (χ1) is 14.1. The summed E-state index contributed by atoms with van der Waals surface area (Å²) in [5.74, 6) is -0.983. The molecule has 6 heteroatoms. The first-order valence-electron chi connectivity index (χ1n) is 11.3. The van der Waals surface area contributed by atoms with Gasteiger partial charge in [0.05, 0.1) is 6.04 Å². The first kappa shape index (κ1) is 20.2. The highest BCUT2D eigenvalue weighted by Gasteiger charge is 2.27. The minimum atomic E-state index is -0.501.